The van der Waals surface area contributed by atoms with Crippen LogP contribution in [0.5, 0.6) is 0 Å². The molecule has 1 aliphatic heterocycles. The number of nitrogens with one attached hydrogen (secondary N) is 1. The van der Waals surface area contributed by atoms with E-state index in [0.29, 0.717) is 19.6 Å². The fraction of sp³-hybridized carbons (Fsp3) is 0.409. The topological polar surface area (TPSA) is 38.3 Å². The number of aryl methyl sites for hydroxylation is 2. The summed E-state index contributed by atoms with van der Waals surface area (Å²) in [5.74, 6) is 0.103. The van der Waals surface area contributed by atoms with Crippen LogP contribution in [-0.4, -0.2) is 19.1 Å². The van der Waals surface area contributed by atoms with Gasteiger partial charge >= 0.3 is 0 Å². The Hall–Kier alpha value is -1.65. The maximum absolute atomic E-state index is 12.7. The molecule has 1 aliphatic rings. The van der Waals surface area contributed by atoms with Crippen molar-refractivity contribution in [3.05, 3.63) is 69.7 Å². The van der Waals surface area contributed by atoms with Gasteiger partial charge in [-0.3, -0.25) is 4.79 Å². The minimum atomic E-state index is -0.328. The molecule has 1 fully saturated rings. The third kappa shape index (κ3) is 4.74. The molecule has 0 spiro atoms. The number of ether oxygens (including phenoxy) is 1. The van der Waals surface area contributed by atoms with Gasteiger partial charge in [0.2, 0.25) is 5.91 Å². The molecule has 0 radical (unpaired) electrons. The Morgan fingerprint density at radius 2 is 1.81 bits per heavy atom. The van der Waals surface area contributed by atoms with Gasteiger partial charge in [0.05, 0.1) is 5.54 Å². The highest BCUT2D eigenvalue weighted by molar-refractivity contribution is 9.10. The predicted molar refractivity (Wildman–Crippen MR) is 108 cm³/mol. The first-order valence-corrected chi connectivity index (χ1v) is 10.1. The minimum Gasteiger partial charge on any atom is -0.381 e. The molecule has 0 unspecified atom stereocenters. The lowest BCUT2D eigenvalue weighted by Gasteiger charge is -2.38. The van der Waals surface area contributed by atoms with Gasteiger partial charge in [-0.25, -0.2) is 0 Å². The van der Waals surface area contributed by atoms with Gasteiger partial charge < -0.3 is 10.1 Å². The first kappa shape index (κ1) is 19.1. The summed E-state index contributed by atoms with van der Waals surface area (Å²) in [5.41, 5.74) is 3.36. The molecule has 0 saturated carbocycles. The Bertz CT molecular complexity index is 736. The molecule has 4 heteroatoms. The van der Waals surface area contributed by atoms with Crippen LogP contribution in [0.25, 0.3) is 0 Å². The van der Waals surface area contributed by atoms with E-state index in [-0.39, 0.29) is 11.4 Å². The van der Waals surface area contributed by atoms with Crippen molar-refractivity contribution in [1.82, 2.24) is 5.32 Å². The molecule has 1 saturated heterocycles. The van der Waals surface area contributed by atoms with E-state index >= 15 is 0 Å². The van der Waals surface area contributed by atoms with Gasteiger partial charge in [0.15, 0.2) is 0 Å². The van der Waals surface area contributed by atoms with Gasteiger partial charge in [-0.1, -0.05) is 59.3 Å². The molecule has 1 N–H and O–H groups in total. The van der Waals surface area contributed by atoms with Crippen LogP contribution in [0.2, 0.25) is 0 Å². The Kier molecular flexibility index (Phi) is 6.49. The molecular weight excluding hydrogens is 390 g/mol. The molecule has 0 atom stereocenters. The molecule has 3 nitrogen and oxygen atoms in total. The zero-order valence-corrected chi connectivity index (χ0v) is 16.8. The monoisotopic (exact) mass is 415 g/mol. The largest absolute Gasteiger partial charge is 0.381 e. The molecule has 138 valence electrons. The number of halogens is 1. The Morgan fingerprint density at radius 1 is 1.12 bits per heavy atom. The van der Waals surface area contributed by atoms with Crippen molar-refractivity contribution in [1.29, 1.82) is 0 Å². The second-order valence-electron chi connectivity index (χ2n) is 6.92. The Labute approximate surface area is 164 Å². The fourth-order valence-corrected chi connectivity index (χ4v) is 3.92. The first-order chi connectivity index (χ1) is 12.6. The van der Waals surface area contributed by atoms with Gasteiger partial charge in [-0.2, -0.15) is 0 Å². The summed E-state index contributed by atoms with van der Waals surface area (Å²) in [5, 5.41) is 3.33. The van der Waals surface area contributed by atoms with Crippen LogP contribution in [0.3, 0.4) is 0 Å². The highest BCUT2D eigenvalue weighted by atomic mass is 79.9. The van der Waals surface area contributed by atoms with E-state index in [2.05, 4.69) is 64.6 Å². The van der Waals surface area contributed by atoms with Crippen LogP contribution < -0.4 is 5.32 Å². The van der Waals surface area contributed by atoms with Crippen molar-refractivity contribution < 1.29 is 9.53 Å². The summed E-state index contributed by atoms with van der Waals surface area (Å²) in [6, 6.07) is 16.8. The quantitative estimate of drug-likeness (QED) is 0.737. The predicted octanol–water partition coefficient (Wildman–Crippen LogP) is 4.77. The van der Waals surface area contributed by atoms with Crippen LogP contribution in [0.15, 0.2) is 53.0 Å². The number of rotatable bonds is 6. The summed E-state index contributed by atoms with van der Waals surface area (Å²) in [4.78, 5) is 12.7. The third-order valence-electron chi connectivity index (χ3n) is 5.17. The van der Waals surface area contributed by atoms with Crippen LogP contribution in [0.1, 0.15) is 42.9 Å². The van der Waals surface area contributed by atoms with Crippen LogP contribution in [0, 0.1) is 0 Å². The third-order valence-corrected chi connectivity index (χ3v) is 5.67. The molecule has 0 aliphatic carbocycles. The average molecular weight is 416 g/mol. The van der Waals surface area contributed by atoms with Crippen LogP contribution >= 0.6 is 15.9 Å². The molecule has 2 aromatic rings. The molecule has 3 rings (SSSR count). The molecule has 26 heavy (non-hydrogen) atoms. The van der Waals surface area contributed by atoms with Crippen LogP contribution in [0.4, 0.5) is 0 Å². The lowest BCUT2D eigenvalue weighted by atomic mass is 9.82. The van der Waals surface area contributed by atoms with Gasteiger partial charge in [-0.05, 0) is 54.5 Å². The molecule has 2 aromatic carbocycles. The van der Waals surface area contributed by atoms with E-state index in [0.717, 1.165) is 35.7 Å². The zero-order chi connectivity index (χ0) is 18.4. The molecule has 0 bridgehead atoms. The van der Waals surface area contributed by atoms with Crippen molar-refractivity contribution in [2.24, 2.45) is 0 Å². The number of amides is 1. The number of hydrogen-bond donors (Lipinski definition) is 1. The Morgan fingerprint density at radius 3 is 2.46 bits per heavy atom. The maximum atomic E-state index is 12.7. The van der Waals surface area contributed by atoms with E-state index in [9.17, 15) is 4.79 Å². The lowest BCUT2D eigenvalue weighted by molar-refractivity contribution is -0.124. The number of hydrogen-bond acceptors (Lipinski definition) is 2. The molecule has 1 heterocycles. The fourth-order valence-electron chi connectivity index (χ4n) is 3.52. The van der Waals surface area contributed by atoms with Gasteiger partial charge in [0.25, 0.3) is 0 Å². The summed E-state index contributed by atoms with van der Waals surface area (Å²) in [6.07, 6.45) is 3.92. The van der Waals surface area contributed by atoms with E-state index in [1.54, 1.807) is 0 Å². The standard InChI is InChI=1S/C22H26BrNO2/c1-2-17-6-8-18(9-7-17)10-11-21(25)24-22(12-14-26-15-13-22)19-4-3-5-20(23)16-19/h3-9,16H,2,10-15H2,1H3,(H,24,25). The lowest BCUT2D eigenvalue weighted by Crippen LogP contribution is -2.49. The smallest absolute Gasteiger partial charge is 0.221 e. The van der Waals surface area contributed by atoms with Gasteiger partial charge in [-0.15, -0.1) is 0 Å². The highest BCUT2D eigenvalue weighted by Crippen LogP contribution is 2.33. The molecule has 0 aromatic heterocycles. The number of benzene rings is 2. The van der Waals surface area contributed by atoms with Crippen molar-refractivity contribution in [3.8, 4) is 0 Å². The van der Waals surface area contributed by atoms with E-state index in [4.69, 9.17) is 4.74 Å². The molecule has 1 amide bonds. The summed E-state index contributed by atoms with van der Waals surface area (Å²) in [7, 11) is 0. The van der Waals surface area contributed by atoms with Crippen molar-refractivity contribution >= 4 is 21.8 Å². The van der Waals surface area contributed by atoms with Gasteiger partial charge in [0.1, 0.15) is 0 Å². The second-order valence-corrected chi connectivity index (χ2v) is 7.84. The van der Waals surface area contributed by atoms with Gasteiger partial charge in [0, 0.05) is 24.1 Å². The van der Waals surface area contributed by atoms with E-state index in [1.807, 2.05) is 12.1 Å². The summed E-state index contributed by atoms with van der Waals surface area (Å²) >= 11 is 3.55. The highest BCUT2D eigenvalue weighted by Gasteiger charge is 2.35. The van der Waals surface area contributed by atoms with Crippen molar-refractivity contribution in [2.45, 2.75) is 44.6 Å². The maximum Gasteiger partial charge on any atom is 0.221 e. The first-order valence-electron chi connectivity index (χ1n) is 9.34. The summed E-state index contributed by atoms with van der Waals surface area (Å²) in [6.45, 7) is 3.49. The Balaban J connectivity index is 1.67. The van der Waals surface area contributed by atoms with Crippen molar-refractivity contribution in [2.75, 3.05) is 13.2 Å². The number of carbonyl (C=O) groups is 1. The zero-order valence-electron chi connectivity index (χ0n) is 15.3. The normalized spacial score (nSPS) is 16.2. The summed E-state index contributed by atoms with van der Waals surface area (Å²) < 4.78 is 6.58. The molecular formula is C22H26BrNO2. The minimum absolute atomic E-state index is 0.103. The SMILES string of the molecule is CCc1ccc(CCC(=O)NC2(c3cccc(Br)c3)CCOCC2)cc1. The second kappa shape index (κ2) is 8.83. The average Bonchev–Trinajstić information content (AvgIpc) is 2.67. The van der Waals surface area contributed by atoms with Crippen molar-refractivity contribution in [3.63, 3.8) is 0 Å². The van der Waals surface area contributed by atoms with E-state index in [1.165, 1.54) is 11.1 Å². The van der Waals surface area contributed by atoms with Crippen LogP contribution in [-0.2, 0) is 27.9 Å². The van der Waals surface area contributed by atoms with E-state index < -0.39 is 0 Å². The number of carbonyl (C=O) groups excluding carboxylic acids is 1.